The molecule has 1 amide bonds. The monoisotopic (exact) mass is 472 g/mol. The molecule has 0 spiro atoms. The molecule has 1 saturated heterocycles. The number of imidazole rings is 1. The van der Waals surface area contributed by atoms with Gasteiger partial charge in [0, 0.05) is 23.1 Å². The molecule has 7 heteroatoms. The van der Waals surface area contributed by atoms with Crippen molar-refractivity contribution in [2.75, 3.05) is 5.32 Å². The second-order valence-corrected chi connectivity index (χ2v) is 10.9. The van der Waals surface area contributed by atoms with Crippen molar-refractivity contribution in [3.63, 3.8) is 0 Å². The molecule has 5 rings (SSSR count). The summed E-state index contributed by atoms with van der Waals surface area (Å²) in [4.78, 5) is 19.7. The van der Waals surface area contributed by atoms with Crippen molar-refractivity contribution in [2.45, 2.75) is 64.8 Å². The van der Waals surface area contributed by atoms with Crippen molar-refractivity contribution in [1.82, 2.24) is 9.97 Å². The minimum absolute atomic E-state index is 0.0864. The molecule has 3 aliphatic rings. The Balaban J connectivity index is 1.55. The number of carbonyl (C=O) groups is 1. The fourth-order valence-electron chi connectivity index (χ4n) is 5.67. The Labute approximate surface area is 205 Å². The van der Waals surface area contributed by atoms with E-state index < -0.39 is 11.5 Å². The van der Waals surface area contributed by atoms with Crippen molar-refractivity contribution >= 4 is 17.2 Å². The van der Waals surface area contributed by atoms with E-state index in [1.807, 2.05) is 38.1 Å². The van der Waals surface area contributed by atoms with Gasteiger partial charge in [0.2, 0.25) is 0 Å². The maximum Gasteiger partial charge on any atom is 0.291 e. The van der Waals surface area contributed by atoms with Gasteiger partial charge in [0.1, 0.15) is 17.4 Å². The minimum Gasteiger partial charge on any atom is -0.384 e. The maximum atomic E-state index is 12.9. The molecular formula is C28H32N4O3. The second kappa shape index (κ2) is 8.47. The number of allylic oxidation sites excluding steroid dienone is 2. The molecule has 1 fully saturated rings. The Morgan fingerprint density at radius 1 is 1.26 bits per heavy atom. The first-order chi connectivity index (χ1) is 16.6. The number of ether oxygens (including phenoxy) is 1. The zero-order valence-electron chi connectivity index (χ0n) is 20.6. The summed E-state index contributed by atoms with van der Waals surface area (Å²) >= 11 is 0. The number of amides is 1. The highest BCUT2D eigenvalue weighted by molar-refractivity contribution is 6.03. The molecule has 2 bridgehead atoms. The summed E-state index contributed by atoms with van der Waals surface area (Å²) in [6, 6.07) is 7.78. The van der Waals surface area contributed by atoms with E-state index in [0.29, 0.717) is 5.69 Å². The molecule has 2 aliphatic heterocycles. The number of nitrogens with one attached hydrogen (secondary N) is 2. The number of hydrogen-bond acceptors (Lipinski definition) is 5. The summed E-state index contributed by atoms with van der Waals surface area (Å²) in [5.41, 5.74) is 2.98. The van der Waals surface area contributed by atoms with Gasteiger partial charge in [-0.25, -0.2) is 4.98 Å². The highest BCUT2D eigenvalue weighted by atomic mass is 16.5. The van der Waals surface area contributed by atoms with Crippen LogP contribution in [0.2, 0.25) is 0 Å². The fraction of sp³-hybridized carbons (Fsp3) is 0.464. The van der Waals surface area contributed by atoms with Crippen LogP contribution >= 0.6 is 0 Å². The summed E-state index contributed by atoms with van der Waals surface area (Å²) in [5.74, 6) is -0.561. The topological polar surface area (TPSA) is 111 Å². The third-order valence-electron chi connectivity index (χ3n) is 8.14. The predicted octanol–water partition coefficient (Wildman–Crippen LogP) is 4.92. The van der Waals surface area contributed by atoms with E-state index in [-0.39, 0.29) is 41.0 Å². The summed E-state index contributed by atoms with van der Waals surface area (Å²) in [7, 11) is 0. The number of aliphatic hydroxyl groups is 1. The molecule has 182 valence electrons. The van der Waals surface area contributed by atoms with E-state index in [0.717, 1.165) is 36.0 Å². The summed E-state index contributed by atoms with van der Waals surface area (Å²) in [6.45, 7) is 8.60. The molecule has 7 nitrogen and oxygen atoms in total. The Morgan fingerprint density at radius 3 is 2.57 bits per heavy atom. The third-order valence-corrected chi connectivity index (χ3v) is 8.14. The zero-order chi connectivity index (χ0) is 25.0. The third kappa shape index (κ3) is 4.01. The fourth-order valence-corrected chi connectivity index (χ4v) is 5.67. The van der Waals surface area contributed by atoms with E-state index in [9.17, 15) is 9.90 Å². The van der Waals surface area contributed by atoms with Gasteiger partial charge < -0.3 is 20.1 Å². The molecule has 0 saturated carbocycles. The number of fused-ring (bicyclic) bond motifs is 2. The van der Waals surface area contributed by atoms with Gasteiger partial charge >= 0.3 is 0 Å². The van der Waals surface area contributed by atoms with Gasteiger partial charge in [-0.2, -0.15) is 5.26 Å². The number of nitriles is 1. The van der Waals surface area contributed by atoms with Crippen LogP contribution in [-0.2, 0) is 10.3 Å². The van der Waals surface area contributed by atoms with E-state index in [2.05, 4.69) is 47.4 Å². The lowest BCUT2D eigenvalue weighted by Crippen LogP contribution is -2.53. The number of carbonyl (C=O) groups excluding carboxylic acids is 1. The lowest BCUT2D eigenvalue weighted by Gasteiger charge is -2.47. The summed E-state index contributed by atoms with van der Waals surface area (Å²) < 4.78 is 6.07. The van der Waals surface area contributed by atoms with Gasteiger partial charge in [0.15, 0.2) is 5.82 Å². The highest BCUT2D eigenvalue weighted by Crippen LogP contribution is 2.50. The lowest BCUT2D eigenvalue weighted by molar-refractivity contribution is -0.187. The lowest BCUT2D eigenvalue weighted by atomic mass is 9.68. The van der Waals surface area contributed by atoms with Crippen molar-refractivity contribution in [1.29, 1.82) is 5.26 Å². The van der Waals surface area contributed by atoms with E-state index in [1.54, 1.807) is 0 Å². The van der Waals surface area contributed by atoms with Crippen LogP contribution in [0.4, 0.5) is 5.69 Å². The van der Waals surface area contributed by atoms with Gasteiger partial charge in [-0.1, -0.05) is 52.0 Å². The summed E-state index contributed by atoms with van der Waals surface area (Å²) in [6.07, 6.45) is 10.4. The Hall–Kier alpha value is -3.21. The smallest absolute Gasteiger partial charge is 0.291 e. The quantitative estimate of drug-likeness (QED) is 0.547. The van der Waals surface area contributed by atoms with Crippen LogP contribution in [0.3, 0.4) is 0 Å². The zero-order valence-corrected chi connectivity index (χ0v) is 20.6. The number of aromatic amines is 1. The molecule has 2 aromatic rings. The molecule has 3 N–H and O–H groups in total. The number of nitrogens with zero attached hydrogens (tertiary/aromatic N) is 2. The second-order valence-electron chi connectivity index (χ2n) is 10.9. The SMILES string of the molecule is C[C@H]1C2C=CC(O2)[C@H](C)C1(O)c1ccc(NC(=O)c2ncc(C#N)[nH]2)c(C2=CCC(C)(C)CC2)c1. The molecule has 1 aromatic heterocycles. The first-order valence-corrected chi connectivity index (χ1v) is 12.3. The average molecular weight is 473 g/mol. The van der Waals surface area contributed by atoms with E-state index in [4.69, 9.17) is 10.00 Å². The molecule has 2 unspecified atom stereocenters. The van der Waals surface area contributed by atoms with Gasteiger partial charge in [0.05, 0.1) is 18.4 Å². The van der Waals surface area contributed by atoms with Crippen LogP contribution < -0.4 is 5.32 Å². The first-order valence-electron chi connectivity index (χ1n) is 12.3. The van der Waals surface area contributed by atoms with Crippen LogP contribution in [0.25, 0.3) is 5.57 Å². The maximum absolute atomic E-state index is 12.9. The highest BCUT2D eigenvalue weighted by Gasteiger charge is 2.53. The van der Waals surface area contributed by atoms with Gasteiger partial charge in [0.25, 0.3) is 5.91 Å². The molecule has 35 heavy (non-hydrogen) atoms. The molecular weight excluding hydrogens is 440 g/mol. The number of H-pyrrole nitrogens is 1. The number of aromatic nitrogens is 2. The van der Waals surface area contributed by atoms with Crippen LogP contribution in [0.1, 0.15) is 74.4 Å². The minimum atomic E-state index is -1.06. The van der Waals surface area contributed by atoms with Crippen LogP contribution in [0.5, 0.6) is 0 Å². The first kappa shape index (κ1) is 23.5. The molecule has 0 radical (unpaired) electrons. The number of rotatable bonds is 4. The number of hydrogen-bond donors (Lipinski definition) is 3. The number of anilines is 1. The van der Waals surface area contributed by atoms with E-state index in [1.165, 1.54) is 6.20 Å². The van der Waals surface area contributed by atoms with Crippen molar-refractivity contribution in [3.05, 3.63) is 65.3 Å². The largest absolute Gasteiger partial charge is 0.384 e. The average Bonchev–Trinajstić information content (AvgIpc) is 3.51. The Bertz CT molecular complexity index is 1250. The molecule has 1 aromatic carbocycles. The Kier molecular flexibility index (Phi) is 5.70. The van der Waals surface area contributed by atoms with Crippen molar-refractivity contribution < 1.29 is 14.6 Å². The van der Waals surface area contributed by atoms with Crippen LogP contribution in [0.15, 0.2) is 42.6 Å². The molecule has 3 heterocycles. The van der Waals surface area contributed by atoms with Gasteiger partial charge in [-0.05, 0) is 47.9 Å². The van der Waals surface area contributed by atoms with Crippen molar-refractivity contribution in [3.8, 4) is 6.07 Å². The van der Waals surface area contributed by atoms with E-state index >= 15 is 0 Å². The van der Waals surface area contributed by atoms with Crippen LogP contribution in [-0.4, -0.2) is 33.2 Å². The standard InChI is InChI=1S/C28H32N4O3/c1-16-23-7-8-24(35-23)17(2)28(16,34)19-5-6-22(32-26(33)25-30-15-20(14-29)31-25)21(13-19)18-9-11-27(3,4)12-10-18/h5-9,13,15-17,23-24,34H,10-12H2,1-4H3,(H,30,31)(H,32,33)/t16-,17-,23?,24?,28?/m0/s1. The summed E-state index contributed by atoms with van der Waals surface area (Å²) in [5, 5.41) is 24.1. The Morgan fingerprint density at radius 2 is 1.97 bits per heavy atom. The molecule has 1 aliphatic carbocycles. The van der Waals surface area contributed by atoms with Crippen LogP contribution in [0, 0.1) is 28.6 Å². The van der Waals surface area contributed by atoms with Crippen molar-refractivity contribution in [2.24, 2.45) is 17.3 Å². The van der Waals surface area contributed by atoms with Gasteiger partial charge in [-0.15, -0.1) is 0 Å². The number of benzene rings is 1. The predicted molar refractivity (Wildman–Crippen MR) is 133 cm³/mol. The normalized spacial score (nSPS) is 31.0. The molecule has 4 atom stereocenters. The van der Waals surface area contributed by atoms with Gasteiger partial charge in [-0.3, -0.25) is 4.79 Å².